The molecule has 0 spiro atoms. The summed E-state index contributed by atoms with van der Waals surface area (Å²) >= 11 is 0. The molecule has 0 saturated heterocycles. The first-order valence-corrected chi connectivity index (χ1v) is 9.84. The van der Waals surface area contributed by atoms with E-state index in [0.717, 1.165) is 16.8 Å². The predicted octanol–water partition coefficient (Wildman–Crippen LogP) is 3.86. The number of carbonyl (C=O) groups is 2. The van der Waals surface area contributed by atoms with Crippen LogP contribution >= 0.6 is 0 Å². The van der Waals surface area contributed by atoms with Gasteiger partial charge in [0.2, 0.25) is 5.41 Å². The van der Waals surface area contributed by atoms with Gasteiger partial charge < -0.3 is 14.4 Å². The Labute approximate surface area is 175 Å². The smallest absolute Gasteiger partial charge is 0.330 e. The monoisotopic (exact) mass is 401 g/mol. The SMILES string of the molecule is CN1CC(C(=O)OCc2ccccc2)(C(=O)OCc2ccccc2)c2ccccc21. The second kappa shape index (κ2) is 8.41. The average Bonchev–Trinajstić information content (AvgIpc) is 3.11. The van der Waals surface area contributed by atoms with Gasteiger partial charge in [0.15, 0.2) is 0 Å². The summed E-state index contributed by atoms with van der Waals surface area (Å²) < 4.78 is 11.3. The first-order valence-electron chi connectivity index (χ1n) is 9.84. The number of ether oxygens (including phenoxy) is 2. The number of hydrogen-bond acceptors (Lipinski definition) is 5. The number of benzene rings is 3. The summed E-state index contributed by atoms with van der Waals surface area (Å²) in [7, 11) is 1.86. The number of likely N-dealkylation sites (N-methyl/N-ethyl adjacent to an activating group) is 1. The van der Waals surface area contributed by atoms with Crippen LogP contribution in [0, 0.1) is 0 Å². The highest BCUT2D eigenvalue weighted by Crippen LogP contribution is 2.42. The lowest BCUT2D eigenvalue weighted by atomic mass is 9.82. The summed E-state index contributed by atoms with van der Waals surface area (Å²) in [5.74, 6) is -1.19. The van der Waals surface area contributed by atoms with Crippen molar-refractivity contribution in [3.63, 3.8) is 0 Å². The number of fused-ring (bicyclic) bond motifs is 1. The minimum atomic E-state index is -1.52. The van der Waals surface area contributed by atoms with Gasteiger partial charge in [-0.15, -0.1) is 0 Å². The number of esters is 2. The molecule has 0 atom stereocenters. The number of para-hydroxylation sites is 1. The summed E-state index contributed by atoms with van der Waals surface area (Å²) in [4.78, 5) is 28.6. The molecular formula is C25H23NO4. The Hall–Kier alpha value is -3.60. The van der Waals surface area contributed by atoms with Crippen LogP contribution in [0.1, 0.15) is 16.7 Å². The number of hydrogen-bond donors (Lipinski definition) is 0. The summed E-state index contributed by atoms with van der Waals surface area (Å²) in [5, 5.41) is 0. The van der Waals surface area contributed by atoms with Gasteiger partial charge in [0.25, 0.3) is 0 Å². The number of nitrogens with zero attached hydrogens (tertiary/aromatic N) is 1. The quantitative estimate of drug-likeness (QED) is 0.464. The van der Waals surface area contributed by atoms with E-state index in [1.807, 2.05) is 90.8 Å². The molecule has 5 nitrogen and oxygen atoms in total. The van der Waals surface area contributed by atoms with Crippen molar-refractivity contribution in [2.24, 2.45) is 0 Å². The van der Waals surface area contributed by atoms with E-state index >= 15 is 0 Å². The maximum Gasteiger partial charge on any atom is 0.330 e. The third kappa shape index (κ3) is 3.66. The summed E-state index contributed by atoms with van der Waals surface area (Å²) in [5.41, 5.74) is 1.64. The molecule has 5 heteroatoms. The third-order valence-electron chi connectivity index (χ3n) is 5.37. The second-order valence-corrected chi connectivity index (χ2v) is 7.40. The lowest BCUT2D eigenvalue weighted by Gasteiger charge is -2.26. The Bertz CT molecular complexity index is 978. The van der Waals surface area contributed by atoms with Gasteiger partial charge in [0, 0.05) is 24.8 Å². The van der Waals surface area contributed by atoms with E-state index in [2.05, 4.69) is 0 Å². The van der Waals surface area contributed by atoms with Crippen molar-refractivity contribution in [1.29, 1.82) is 0 Å². The van der Waals surface area contributed by atoms with Crippen molar-refractivity contribution in [2.75, 3.05) is 18.5 Å². The molecule has 1 heterocycles. The number of carbonyl (C=O) groups excluding carboxylic acids is 2. The Morgan fingerprint density at radius 2 is 1.23 bits per heavy atom. The van der Waals surface area contributed by atoms with Gasteiger partial charge in [-0.3, -0.25) is 9.59 Å². The van der Waals surface area contributed by atoms with Crippen molar-refractivity contribution in [2.45, 2.75) is 18.6 Å². The van der Waals surface area contributed by atoms with E-state index in [-0.39, 0.29) is 19.8 Å². The Morgan fingerprint density at radius 1 is 0.767 bits per heavy atom. The molecule has 0 fully saturated rings. The zero-order valence-corrected chi connectivity index (χ0v) is 16.8. The fourth-order valence-corrected chi connectivity index (χ4v) is 3.82. The highest BCUT2D eigenvalue weighted by Gasteiger charge is 2.56. The van der Waals surface area contributed by atoms with Gasteiger partial charge in [-0.1, -0.05) is 78.9 Å². The Morgan fingerprint density at radius 3 is 1.77 bits per heavy atom. The van der Waals surface area contributed by atoms with E-state index in [0.29, 0.717) is 5.56 Å². The third-order valence-corrected chi connectivity index (χ3v) is 5.37. The van der Waals surface area contributed by atoms with Crippen LogP contribution in [0.4, 0.5) is 5.69 Å². The van der Waals surface area contributed by atoms with Crippen LogP contribution in [-0.4, -0.2) is 25.5 Å². The lowest BCUT2D eigenvalue weighted by Crippen LogP contribution is -2.49. The molecule has 1 aliphatic rings. The first-order chi connectivity index (χ1) is 14.6. The van der Waals surface area contributed by atoms with E-state index in [1.165, 1.54) is 0 Å². The van der Waals surface area contributed by atoms with Crippen molar-refractivity contribution in [3.05, 3.63) is 102 Å². The molecule has 0 amide bonds. The van der Waals surface area contributed by atoms with Crippen LogP contribution in [0.15, 0.2) is 84.9 Å². The van der Waals surface area contributed by atoms with Crippen LogP contribution in [0.5, 0.6) is 0 Å². The van der Waals surface area contributed by atoms with E-state index in [4.69, 9.17) is 9.47 Å². The van der Waals surface area contributed by atoms with Crippen LogP contribution in [0.25, 0.3) is 0 Å². The zero-order chi connectivity index (χ0) is 21.0. The van der Waals surface area contributed by atoms with Gasteiger partial charge in [-0.05, 0) is 17.2 Å². The van der Waals surface area contributed by atoms with Crippen LogP contribution < -0.4 is 4.90 Å². The minimum absolute atomic E-state index is 0.0965. The molecule has 0 saturated carbocycles. The normalized spacial score (nSPS) is 14.1. The first kappa shape index (κ1) is 19.7. The maximum absolute atomic E-state index is 13.4. The second-order valence-electron chi connectivity index (χ2n) is 7.40. The van der Waals surface area contributed by atoms with Gasteiger partial charge in [-0.2, -0.15) is 0 Å². The standard InChI is InChI=1S/C25H23NO4/c1-26-18-25(21-14-8-9-15-22(21)26,23(27)29-16-19-10-4-2-5-11-19)24(28)30-17-20-12-6-3-7-13-20/h2-15H,16-18H2,1H3. The topological polar surface area (TPSA) is 55.8 Å². The van der Waals surface area contributed by atoms with E-state index in [9.17, 15) is 9.59 Å². The molecule has 3 aromatic carbocycles. The molecule has 0 aromatic heterocycles. The van der Waals surface area contributed by atoms with Crippen LogP contribution in [0.2, 0.25) is 0 Å². The molecule has 0 unspecified atom stereocenters. The van der Waals surface area contributed by atoms with Crippen LogP contribution in [-0.2, 0) is 37.7 Å². The average molecular weight is 401 g/mol. The zero-order valence-electron chi connectivity index (χ0n) is 16.8. The Kier molecular flexibility index (Phi) is 5.53. The van der Waals surface area contributed by atoms with Crippen molar-refractivity contribution in [3.8, 4) is 0 Å². The highest BCUT2D eigenvalue weighted by atomic mass is 16.6. The summed E-state index contributed by atoms with van der Waals surface area (Å²) in [6.07, 6.45) is 0. The fraction of sp³-hybridized carbons (Fsp3) is 0.200. The number of anilines is 1. The van der Waals surface area contributed by atoms with Gasteiger partial charge in [-0.25, -0.2) is 0 Å². The Balaban J connectivity index is 1.62. The largest absolute Gasteiger partial charge is 0.460 e. The van der Waals surface area contributed by atoms with Crippen molar-refractivity contribution >= 4 is 17.6 Å². The molecule has 0 aliphatic carbocycles. The molecule has 3 aromatic rings. The molecule has 0 bridgehead atoms. The highest BCUT2D eigenvalue weighted by molar-refractivity contribution is 6.10. The molecule has 0 radical (unpaired) electrons. The van der Waals surface area contributed by atoms with Crippen LogP contribution in [0.3, 0.4) is 0 Å². The minimum Gasteiger partial charge on any atom is -0.460 e. The van der Waals surface area contributed by atoms with Gasteiger partial charge >= 0.3 is 11.9 Å². The predicted molar refractivity (Wildman–Crippen MR) is 114 cm³/mol. The van der Waals surface area contributed by atoms with Crippen molar-refractivity contribution < 1.29 is 19.1 Å². The van der Waals surface area contributed by atoms with E-state index in [1.54, 1.807) is 6.07 Å². The molecule has 0 N–H and O–H groups in total. The fourth-order valence-electron chi connectivity index (χ4n) is 3.82. The molecule has 30 heavy (non-hydrogen) atoms. The van der Waals surface area contributed by atoms with Gasteiger partial charge in [0.1, 0.15) is 13.2 Å². The molecule has 152 valence electrons. The lowest BCUT2D eigenvalue weighted by molar-refractivity contribution is -0.166. The van der Waals surface area contributed by atoms with Gasteiger partial charge in [0.05, 0.1) is 0 Å². The molecule has 4 rings (SSSR count). The maximum atomic E-state index is 13.4. The van der Waals surface area contributed by atoms with Crippen molar-refractivity contribution in [1.82, 2.24) is 0 Å². The molecule has 1 aliphatic heterocycles. The molecular weight excluding hydrogens is 378 g/mol. The van der Waals surface area contributed by atoms with E-state index < -0.39 is 17.4 Å². The number of rotatable bonds is 6. The summed E-state index contributed by atoms with van der Waals surface area (Å²) in [6.45, 7) is 0.367. The summed E-state index contributed by atoms with van der Waals surface area (Å²) in [6, 6.07) is 26.2.